The third-order valence-electron chi connectivity index (χ3n) is 11.9. The van der Waals surface area contributed by atoms with Crippen molar-refractivity contribution in [1.29, 1.82) is 0 Å². The van der Waals surface area contributed by atoms with Crippen molar-refractivity contribution in [2.24, 2.45) is 0 Å². The molecule has 0 aromatic heterocycles. The first-order chi connectivity index (χ1) is 36.7. The monoisotopic (exact) mass is 1180 g/mol. The first-order valence-corrected chi connectivity index (χ1v) is 27.9. The molecular weight excluding hydrogens is 1140 g/mol. The Hall–Kier alpha value is -7.12. The Morgan fingerprint density at radius 3 is 0.963 bits per heavy atom. The molecule has 396 valence electrons. The Morgan fingerprint density at radius 1 is 0.388 bits per heavy atom. The van der Waals surface area contributed by atoms with Crippen LogP contribution in [0.25, 0.3) is 0 Å². The maximum atomic E-state index is 13.4. The molecule has 80 heavy (non-hydrogen) atoms. The number of rotatable bonds is 12. The van der Waals surface area contributed by atoms with Crippen LogP contribution >= 0.6 is 0 Å². The van der Waals surface area contributed by atoms with Crippen molar-refractivity contribution in [3.63, 3.8) is 0 Å². The van der Waals surface area contributed by atoms with E-state index in [1.54, 1.807) is 60.7 Å². The summed E-state index contributed by atoms with van der Waals surface area (Å²) in [5.74, 6) is -2.78. The quantitative estimate of drug-likeness (QED) is 0.0573. The van der Waals surface area contributed by atoms with E-state index in [1.165, 1.54) is 72.8 Å². The van der Waals surface area contributed by atoms with Gasteiger partial charge in [-0.25, -0.2) is 16.8 Å². The van der Waals surface area contributed by atoms with Gasteiger partial charge in [0.25, 0.3) is 20.2 Å². The van der Waals surface area contributed by atoms with Gasteiger partial charge in [0.15, 0.2) is 23.1 Å². The maximum Gasteiger partial charge on any atom is 1.00 e. The van der Waals surface area contributed by atoms with Crippen LogP contribution in [0.1, 0.15) is 63.7 Å². The van der Waals surface area contributed by atoms with Crippen LogP contribution in [-0.2, 0) is 40.5 Å². The smallest absolute Gasteiger partial charge is 0.744 e. The van der Waals surface area contributed by atoms with E-state index >= 15 is 0 Å². The van der Waals surface area contributed by atoms with E-state index < -0.39 is 106 Å². The van der Waals surface area contributed by atoms with E-state index in [-0.39, 0.29) is 138 Å². The van der Waals surface area contributed by atoms with E-state index in [1.807, 2.05) is 0 Å². The van der Waals surface area contributed by atoms with Gasteiger partial charge < -0.3 is 40.7 Å². The Bertz CT molecular complexity index is 4100. The number of para-hydroxylation sites is 2. The van der Waals surface area contributed by atoms with E-state index in [0.717, 1.165) is 24.3 Å². The van der Waals surface area contributed by atoms with Gasteiger partial charge in [-0.1, -0.05) is 84.9 Å². The van der Waals surface area contributed by atoms with Crippen molar-refractivity contribution in [3.8, 4) is 23.0 Å². The minimum absolute atomic E-state index is 0. The number of carbonyl (C=O) groups excluding carboxylic acids is 4. The fourth-order valence-electron chi connectivity index (χ4n) is 8.48. The SMILES string of the molecule is Nc1c(S(=O)(=O)[O-])cc(Nc2ccc(Oc3ccccc3)c(S(=O)(=O)O)c2)c2c1C(=O)c1ccccc1C2=O.Nc1c(S(=O)(=O)[O-])cc(Nc2ccc(Oc3ccccc3)c(S(=O)(=O)O)c2)c2c1C(=O)c1ccccc1C2=O.[Na+].[Na+]. The summed E-state index contributed by atoms with van der Waals surface area (Å²) in [5.41, 5.74) is 8.26. The average Bonchev–Trinajstić information content (AvgIpc) is 3.58. The summed E-state index contributed by atoms with van der Waals surface area (Å²) in [6, 6.07) is 36.6. The van der Waals surface area contributed by atoms with Crippen LogP contribution < -0.4 is 90.7 Å². The molecule has 2 aliphatic carbocycles. The summed E-state index contributed by atoms with van der Waals surface area (Å²) in [6.45, 7) is 0. The topological polar surface area (TPSA) is 386 Å². The summed E-state index contributed by atoms with van der Waals surface area (Å²) in [7, 11) is -20.1. The standard InChI is InChI=1S/2C26H18N2O9S2.2Na/c2*27-24-21(39(34,35)36)13-18(22-23(24)26(30)17-9-5-4-8-16(17)25(22)29)28-14-10-11-19(20(12-14)38(31,32)33)37-15-6-2-1-3-7-15;;/h2*1-13,28H,27H2,(H,31,32,33)(H,34,35,36);;/q;;2*+1/p-2. The van der Waals surface area contributed by atoms with E-state index in [4.69, 9.17) is 20.9 Å². The number of anilines is 6. The molecule has 0 bridgehead atoms. The Labute approximate surface area is 499 Å². The first kappa shape index (κ1) is 60.5. The number of nitrogens with one attached hydrogen (secondary N) is 2. The maximum absolute atomic E-state index is 13.4. The van der Waals surface area contributed by atoms with Crippen molar-refractivity contribution < 1.29 is 140 Å². The van der Waals surface area contributed by atoms with Gasteiger partial charge in [0.1, 0.15) is 53.0 Å². The largest absolute Gasteiger partial charge is 1.00 e. The summed E-state index contributed by atoms with van der Waals surface area (Å²) in [4.78, 5) is 50.2. The number of hydrogen-bond acceptors (Lipinski definition) is 20. The molecule has 10 rings (SSSR count). The van der Waals surface area contributed by atoms with Gasteiger partial charge in [-0.15, -0.1) is 0 Å². The molecule has 0 saturated carbocycles. The molecule has 22 nitrogen and oxygen atoms in total. The van der Waals surface area contributed by atoms with Gasteiger partial charge in [-0.3, -0.25) is 28.3 Å². The number of nitrogen functional groups attached to an aromatic ring is 2. The van der Waals surface area contributed by atoms with Crippen LogP contribution in [0.4, 0.5) is 34.1 Å². The molecule has 28 heteroatoms. The van der Waals surface area contributed by atoms with Gasteiger partial charge in [-0.05, 0) is 72.8 Å². The van der Waals surface area contributed by atoms with Crippen molar-refractivity contribution in [3.05, 3.63) is 202 Å². The molecule has 8 N–H and O–H groups in total. The first-order valence-electron chi connectivity index (χ1n) is 22.2. The number of fused-ring (bicyclic) bond motifs is 4. The van der Waals surface area contributed by atoms with Crippen molar-refractivity contribution >= 4 is 97.7 Å². The zero-order valence-electron chi connectivity index (χ0n) is 41.2. The molecule has 0 saturated heterocycles. The Morgan fingerprint density at radius 2 is 0.675 bits per heavy atom. The Kier molecular flexibility index (Phi) is 17.5. The minimum atomic E-state index is -5.21. The molecule has 2 aliphatic rings. The summed E-state index contributed by atoms with van der Waals surface area (Å²) >= 11 is 0. The fraction of sp³-hybridized carbons (Fsp3) is 0. The van der Waals surface area contributed by atoms with Gasteiger partial charge >= 0.3 is 59.1 Å². The zero-order valence-corrected chi connectivity index (χ0v) is 48.5. The van der Waals surface area contributed by atoms with E-state index in [9.17, 15) is 71.1 Å². The molecule has 0 heterocycles. The molecular formula is C52H34N4Na2O18S4. The molecule has 0 atom stereocenters. The minimum Gasteiger partial charge on any atom is -0.744 e. The third-order valence-corrected chi connectivity index (χ3v) is 15.4. The average molecular weight is 1180 g/mol. The second kappa shape index (κ2) is 23.2. The number of hydrogen-bond donors (Lipinski definition) is 6. The predicted octanol–water partition coefficient (Wildman–Crippen LogP) is 1.47. The number of benzene rings is 8. The van der Waals surface area contributed by atoms with Crippen LogP contribution in [0.15, 0.2) is 177 Å². The number of nitrogens with two attached hydrogens (primary N) is 2. The van der Waals surface area contributed by atoms with Crippen LogP contribution in [-0.4, -0.2) is 75.0 Å². The molecule has 0 aliphatic heterocycles. The Balaban J connectivity index is 0.000000225. The van der Waals surface area contributed by atoms with Crippen LogP contribution in [0, 0.1) is 0 Å². The molecule has 0 radical (unpaired) electrons. The van der Waals surface area contributed by atoms with Crippen LogP contribution in [0.3, 0.4) is 0 Å². The van der Waals surface area contributed by atoms with Crippen molar-refractivity contribution in [2.75, 3.05) is 22.1 Å². The zero-order chi connectivity index (χ0) is 56.2. The summed E-state index contributed by atoms with van der Waals surface area (Å²) in [5, 5.41) is 5.39. The van der Waals surface area contributed by atoms with Crippen LogP contribution in [0.5, 0.6) is 23.0 Å². The number of ketones is 4. The summed E-state index contributed by atoms with van der Waals surface area (Å²) < 4.78 is 151. The second-order valence-electron chi connectivity index (χ2n) is 16.8. The summed E-state index contributed by atoms with van der Waals surface area (Å²) in [6.07, 6.45) is 0. The second-order valence-corrected chi connectivity index (χ2v) is 22.3. The molecule has 0 amide bonds. The molecule has 8 aromatic carbocycles. The normalized spacial score (nSPS) is 12.7. The van der Waals surface area contributed by atoms with Crippen molar-refractivity contribution in [2.45, 2.75) is 19.6 Å². The molecule has 8 aromatic rings. The van der Waals surface area contributed by atoms with Gasteiger partial charge in [0.2, 0.25) is 0 Å². The van der Waals surface area contributed by atoms with Crippen LogP contribution in [0.2, 0.25) is 0 Å². The van der Waals surface area contributed by atoms with Gasteiger partial charge in [0.05, 0.1) is 54.8 Å². The molecule has 0 unspecified atom stereocenters. The number of ether oxygens (including phenoxy) is 2. The van der Waals surface area contributed by atoms with Gasteiger partial charge in [-0.2, -0.15) is 16.8 Å². The predicted molar refractivity (Wildman–Crippen MR) is 276 cm³/mol. The molecule has 0 spiro atoms. The molecule has 0 fully saturated rings. The number of carbonyl (C=O) groups is 4. The van der Waals surface area contributed by atoms with E-state index in [2.05, 4.69) is 10.6 Å². The van der Waals surface area contributed by atoms with Gasteiger partial charge in [0, 0.05) is 33.6 Å². The fourth-order valence-corrected chi connectivity index (χ4v) is 11.0. The van der Waals surface area contributed by atoms with E-state index in [0.29, 0.717) is 0 Å². The third kappa shape index (κ3) is 12.1. The van der Waals surface area contributed by atoms with Crippen molar-refractivity contribution in [1.82, 2.24) is 0 Å².